The second-order valence-electron chi connectivity index (χ2n) is 5.19. The van der Waals surface area contributed by atoms with E-state index < -0.39 is 10.0 Å². The van der Waals surface area contributed by atoms with Gasteiger partial charge in [-0.05, 0) is 36.8 Å². The number of halogens is 1. The van der Waals surface area contributed by atoms with Crippen LogP contribution in [0.15, 0.2) is 23.1 Å². The zero-order valence-electron chi connectivity index (χ0n) is 11.1. The number of thiocarbonyl (C=S) groups is 1. The fourth-order valence-corrected chi connectivity index (χ4v) is 3.86. The Balaban J connectivity index is 2.19. The average molecular weight is 333 g/mol. The van der Waals surface area contributed by atoms with Gasteiger partial charge in [0.15, 0.2) is 0 Å². The summed E-state index contributed by atoms with van der Waals surface area (Å²) in [5.41, 5.74) is 6.18. The maximum Gasteiger partial charge on any atom is 0.242 e. The van der Waals surface area contributed by atoms with Crippen molar-refractivity contribution in [2.45, 2.75) is 31.1 Å². The van der Waals surface area contributed by atoms with Gasteiger partial charge in [-0.25, -0.2) is 13.1 Å². The number of benzene rings is 1. The first-order valence-corrected chi connectivity index (χ1v) is 8.66. The Bertz CT molecular complexity index is 640. The van der Waals surface area contributed by atoms with Crippen molar-refractivity contribution in [1.82, 2.24) is 4.72 Å². The number of nitrogens with one attached hydrogen (secondary N) is 1. The van der Waals surface area contributed by atoms with Crippen LogP contribution in [-0.2, 0) is 10.0 Å². The van der Waals surface area contributed by atoms with Crippen molar-refractivity contribution in [2.24, 2.45) is 11.1 Å². The summed E-state index contributed by atoms with van der Waals surface area (Å²) in [6, 6.07) is 4.48. The van der Waals surface area contributed by atoms with Crippen LogP contribution in [0.3, 0.4) is 0 Å². The van der Waals surface area contributed by atoms with Crippen LogP contribution < -0.4 is 10.5 Å². The number of sulfonamides is 1. The molecule has 20 heavy (non-hydrogen) atoms. The van der Waals surface area contributed by atoms with E-state index in [1.165, 1.54) is 12.1 Å². The van der Waals surface area contributed by atoms with Crippen molar-refractivity contribution in [3.05, 3.63) is 28.8 Å². The molecule has 110 valence electrons. The molecule has 1 saturated carbocycles. The molecule has 0 unspecified atom stereocenters. The molecule has 0 radical (unpaired) electrons. The molecule has 7 heteroatoms. The van der Waals surface area contributed by atoms with Gasteiger partial charge in [-0.2, -0.15) is 0 Å². The van der Waals surface area contributed by atoms with E-state index in [0.717, 1.165) is 19.3 Å². The first-order chi connectivity index (χ1) is 9.30. The van der Waals surface area contributed by atoms with Gasteiger partial charge in [0.1, 0.15) is 9.88 Å². The largest absolute Gasteiger partial charge is 0.389 e. The van der Waals surface area contributed by atoms with Crippen molar-refractivity contribution in [2.75, 3.05) is 6.54 Å². The molecule has 1 fully saturated rings. The SMILES string of the molecule is CCC1(CNS(=O)(=O)c2ccc(C(N)=S)cc2Cl)CC1. The average Bonchev–Trinajstić information content (AvgIpc) is 3.17. The fraction of sp³-hybridized carbons (Fsp3) is 0.462. The molecule has 0 aromatic heterocycles. The molecule has 0 atom stereocenters. The summed E-state index contributed by atoms with van der Waals surface area (Å²) >= 11 is 10.9. The summed E-state index contributed by atoms with van der Waals surface area (Å²) in [5, 5.41) is 0.129. The van der Waals surface area contributed by atoms with Crippen molar-refractivity contribution in [3.8, 4) is 0 Å². The lowest BCUT2D eigenvalue weighted by Crippen LogP contribution is -2.30. The predicted octanol–water partition coefficient (Wildman–Crippen LogP) is 2.44. The van der Waals surface area contributed by atoms with Crippen molar-refractivity contribution < 1.29 is 8.42 Å². The van der Waals surface area contributed by atoms with Crippen LogP contribution in [0.1, 0.15) is 31.7 Å². The summed E-state index contributed by atoms with van der Waals surface area (Å²) in [4.78, 5) is 0.248. The van der Waals surface area contributed by atoms with Crippen molar-refractivity contribution in [3.63, 3.8) is 0 Å². The zero-order chi connectivity index (χ0) is 15.0. The Labute approximate surface area is 129 Å². The lowest BCUT2D eigenvalue weighted by Gasteiger charge is -2.14. The molecule has 3 N–H and O–H groups in total. The third-order valence-electron chi connectivity index (χ3n) is 3.85. The molecular weight excluding hydrogens is 316 g/mol. The molecule has 1 aromatic rings. The van der Waals surface area contributed by atoms with E-state index in [1.54, 1.807) is 6.07 Å². The van der Waals surface area contributed by atoms with Crippen LogP contribution in [0.2, 0.25) is 5.02 Å². The van der Waals surface area contributed by atoms with Gasteiger partial charge in [0.25, 0.3) is 0 Å². The normalized spacial score (nSPS) is 16.9. The summed E-state index contributed by atoms with van der Waals surface area (Å²) in [6.07, 6.45) is 3.11. The minimum absolute atomic E-state index is 0.0612. The maximum absolute atomic E-state index is 12.3. The van der Waals surface area contributed by atoms with E-state index in [9.17, 15) is 8.42 Å². The Morgan fingerprint density at radius 3 is 2.60 bits per heavy atom. The minimum atomic E-state index is -3.60. The van der Waals surface area contributed by atoms with Crippen LogP contribution in [-0.4, -0.2) is 20.0 Å². The highest BCUT2D eigenvalue weighted by atomic mass is 35.5. The summed E-state index contributed by atoms with van der Waals surface area (Å²) in [5.74, 6) is 0. The van der Waals surface area contributed by atoms with Gasteiger partial charge in [-0.1, -0.05) is 36.8 Å². The molecule has 0 spiro atoms. The number of nitrogens with two attached hydrogens (primary N) is 1. The molecule has 0 heterocycles. The van der Waals surface area contributed by atoms with E-state index in [4.69, 9.17) is 29.6 Å². The molecule has 0 saturated heterocycles. The van der Waals surface area contributed by atoms with Crippen molar-refractivity contribution >= 4 is 38.8 Å². The number of hydrogen-bond donors (Lipinski definition) is 2. The van der Waals surface area contributed by atoms with Gasteiger partial charge in [-0.3, -0.25) is 0 Å². The summed E-state index contributed by atoms with van der Waals surface area (Å²) in [7, 11) is -3.60. The van der Waals surface area contributed by atoms with E-state index in [1.807, 2.05) is 0 Å². The highest BCUT2D eigenvalue weighted by Gasteiger charge is 2.41. The molecule has 0 aliphatic heterocycles. The third-order valence-corrected chi connectivity index (χ3v) is 5.97. The van der Waals surface area contributed by atoms with Gasteiger partial charge < -0.3 is 5.73 Å². The van der Waals surface area contributed by atoms with Crippen LogP contribution in [0.4, 0.5) is 0 Å². The van der Waals surface area contributed by atoms with E-state index >= 15 is 0 Å². The number of hydrogen-bond acceptors (Lipinski definition) is 3. The van der Waals surface area contributed by atoms with Crippen LogP contribution in [0.25, 0.3) is 0 Å². The Morgan fingerprint density at radius 2 is 2.15 bits per heavy atom. The highest BCUT2D eigenvalue weighted by Crippen LogP contribution is 2.48. The van der Waals surface area contributed by atoms with Crippen molar-refractivity contribution in [1.29, 1.82) is 0 Å². The van der Waals surface area contributed by atoms with Gasteiger partial charge in [0.2, 0.25) is 10.0 Å². The molecular formula is C13H17ClN2O2S2. The van der Waals surface area contributed by atoms with E-state index in [2.05, 4.69) is 11.6 Å². The smallest absolute Gasteiger partial charge is 0.242 e. The van der Waals surface area contributed by atoms with Gasteiger partial charge >= 0.3 is 0 Å². The van der Waals surface area contributed by atoms with E-state index in [0.29, 0.717) is 12.1 Å². The van der Waals surface area contributed by atoms with Crippen LogP contribution in [0, 0.1) is 5.41 Å². The predicted molar refractivity (Wildman–Crippen MR) is 84.5 cm³/mol. The Morgan fingerprint density at radius 1 is 1.50 bits per heavy atom. The van der Waals surface area contributed by atoms with Gasteiger partial charge in [0.05, 0.1) is 5.02 Å². The molecule has 1 aliphatic carbocycles. The monoisotopic (exact) mass is 332 g/mol. The molecule has 4 nitrogen and oxygen atoms in total. The van der Waals surface area contributed by atoms with Gasteiger partial charge in [0, 0.05) is 12.1 Å². The first kappa shape index (κ1) is 15.7. The fourth-order valence-electron chi connectivity index (χ4n) is 2.03. The highest BCUT2D eigenvalue weighted by molar-refractivity contribution is 7.89. The quantitative estimate of drug-likeness (QED) is 0.785. The third kappa shape index (κ3) is 3.31. The standard InChI is InChI=1S/C13H17ClN2O2S2/c1-2-13(5-6-13)8-16-20(17,18)11-4-3-9(12(15)19)7-10(11)14/h3-4,7,16H,2,5-6,8H2,1H3,(H2,15,19). The summed E-state index contributed by atoms with van der Waals surface area (Å²) < 4.78 is 27.2. The second kappa shape index (κ2) is 5.60. The topological polar surface area (TPSA) is 72.2 Å². The minimum Gasteiger partial charge on any atom is -0.389 e. The Hall–Kier alpha value is -0.690. The first-order valence-electron chi connectivity index (χ1n) is 6.39. The second-order valence-corrected chi connectivity index (χ2v) is 7.77. The van der Waals surface area contributed by atoms with Crippen LogP contribution in [0.5, 0.6) is 0 Å². The van der Waals surface area contributed by atoms with Crippen LogP contribution >= 0.6 is 23.8 Å². The zero-order valence-corrected chi connectivity index (χ0v) is 13.5. The molecule has 0 bridgehead atoms. The molecule has 2 rings (SSSR count). The molecule has 1 aromatic carbocycles. The Kier molecular flexibility index (Phi) is 4.39. The van der Waals surface area contributed by atoms with E-state index in [-0.39, 0.29) is 20.3 Å². The lowest BCUT2D eigenvalue weighted by atomic mass is 10.1. The van der Waals surface area contributed by atoms with Gasteiger partial charge in [-0.15, -0.1) is 0 Å². The molecule has 0 amide bonds. The molecule has 1 aliphatic rings. The maximum atomic E-state index is 12.3. The lowest BCUT2D eigenvalue weighted by molar-refractivity contribution is 0.475. The number of rotatable bonds is 6. The summed E-state index contributed by atoms with van der Waals surface area (Å²) in [6.45, 7) is 2.53.